The molecule has 1 aliphatic rings. The predicted octanol–water partition coefficient (Wildman–Crippen LogP) is 0.317. The lowest BCUT2D eigenvalue weighted by Crippen LogP contribution is -2.40. The van der Waals surface area contributed by atoms with Crippen LogP contribution in [0.15, 0.2) is 0 Å². The first-order chi connectivity index (χ1) is 7.83. The van der Waals surface area contributed by atoms with Gasteiger partial charge < -0.3 is 15.2 Å². The molecular weight excluding hydrogens is 204 g/mol. The molecule has 2 N–H and O–H groups in total. The molecule has 4 heteroatoms. The first-order valence-electron chi connectivity index (χ1n) is 6.44. The molecule has 0 saturated carbocycles. The van der Waals surface area contributed by atoms with Crippen molar-refractivity contribution < 1.29 is 9.84 Å². The molecule has 96 valence electrons. The van der Waals surface area contributed by atoms with Crippen LogP contribution in [0.4, 0.5) is 0 Å². The maximum Gasteiger partial charge on any atom is 0.0594 e. The fourth-order valence-electron chi connectivity index (χ4n) is 1.85. The third-order valence-electron chi connectivity index (χ3n) is 3.07. The van der Waals surface area contributed by atoms with Crippen LogP contribution in [-0.2, 0) is 4.74 Å². The molecule has 16 heavy (non-hydrogen) atoms. The van der Waals surface area contributed by atoms with Gasteiger partial charge in [-0.05, 0) is 25.3 Å². The minimum atomic E-state index is 0.313. The second kappa shape index (κ2) is 8.93. The molecule has 0 spiro atoms. The van der Waals surface area contributed by atoms with E-state index in [0.29, 0.717) is 12.5 Å². The Labute approximate surface area is 99.0 Å². The third kappa shape index (κ3) is 6.43. The monoisotopic (exact) mass is 230 g/mol. The lowest BCUT2D eigenvalue weighted by Gasteiger charge is -2.26. The van der Waals surface area contributed by atoms with Crippen LogP contribution >= 0.6 is 0 Å². The average molecular weight is 230 g/mol. The Kier molecular flexibility index (Phi) is 7.76. The van der Waals surface area contributed by atoms with Crippen molar-refractivity contribution >= 4 is 0 Å². The summed E-state index contributed by atoms with van der Waals surface area (Å²) in [4.78, 5) is 2.44. The van der Waals surface area contributed by atoms with Crippen LogP contribution in [0.3, 0.4) is 0 Å². The van der Waals surface area contributed by atoms with E-state index in [1.165, 1.54) is 0 Å². The van der Waals surface area contributed by atoms with E-state index < -0.39 is 0 Å². The topological polar surface area (TPSA) is 44.7 Å². The highest BCUT2D eigenvalue weighted by Crippen LogP contribution is 2.02. The molecule has 0 aromatic carbocycles. The van der Waals surface area contributed by atoms with Crippen LogP contribution < -0.4 is 5.32 Å². The minimum absolute atomic E-state index is 0.313. The van der Waals surface area contributed by atoms with Gasteiger partial charge in [-0.1, -0.05) is 6.92 Å². The van der Waals surface area contributed by atoms with E-state index in [2.05, 4.69) is 17.1 Å². The third-order valence-corrected chi connectivity index (χ3v) is 3.07. The highest BCUT2D eigenvalue weighted by atomic mass is 16.5. The van der Waals surface area contributed by atoms with Gasteiger partial charge in [0.1, 0.15) is 0 Å². The van der Waals surface area contributed by atoms with Crippen LogP contribution in [0.2, 0.25) is 0 Å². The molecular formula is C12H26N2O2. The van der Waals surface area contributed by atoms with E-state index in [1.54, 1.807) is 0 Å². The maximum atomic E-state index is 8.87. The zero-order valence-corrected chi connectivity index (χ0v) is 10.5. The molecule has 1 heterocycles. The van der Waals surface area contributed by atoms with Crippen molar-refractivity contribution in [3.8, 4) is 0 Å². The van der Waals surface area contributed by atoms with Gasteiger partial charge in [0.2, 0.25) is 0 Å². The van der Waals surface area contributed by atoms with Crippen molar-refractivity contribution in [2.75, 3.05) is 52.5 Å². The summed E-state index contributed by atoms with van der Waals surface area (Å²) in [6, 6.07) is 0. The lowest BCUT2D eigenvalue weighted by atomic mass is 10.1. The average Bonchev–Trinajstić information content (AvgIpc) is 2.34. The van der Waals surface area contributed by atoms with Crippen molar-refractivity contribution in [2.45, 2.75) is 19.8 Å². The molecule has 0 amide bonds. The van der Waals surface area contributed by atoms with Gasteiger partial charge in [0.25, 0.3) is 0 Å². The highest BCUT2D eigenvalue weighted by Gasteiger charge is 2.08. The van der Waals surface area contributed by atoms with Gasteiger partial charge in [0, 0.05) is 32.8 Å². The Morgan fingerprint density at radius 2 is 2.06 bits per heavy atom. The molecule has 0 radical (unpaired) electrons. The maximum absolute atomic E-state index is 8.87. The van der Waals surface area contributed by atoms with Gasteiger partial charge in [0.15, 0.2) is 0 Å². The standard InChI is InChI=1S/C12H26N2O2/c1-12(11-15)3-2-4-13-5-6-14-7-9-16-10-8-14/h12-13,15H,2-11H2,1H3. The van der Waals surface area contributed by atoms with Crippen molar-refractivity contribution in [1.29, 1.82) is 0 Å². The van der Waals surface area contributed by atoms with Crippen molar-refractivity contribution in [3.05, 3.63) is 0 Å². The summed E-state index contributed by atoms with van der Waals surface area (Å²) in [5, 5.41) is 12.3. The Bertz CT molecular complexity index is 161. The number of aliphatic hydroxyl groups excluding tert-OH is 1. The molecule has 0 aromatic heterocycles. The Hall–Kier alpha value is -0.160. The first kappa shape index (κ1) is 13.9. The van der Waals surface area contributed by atoms with Crippen LogP contribution in [0.1, 0.15) is 19.8 Å². The van der Waals surface area contributed by atoms with E-state index in [9.17, 15) is 0 Å². The second-order valence-corrected chi connectivity index (χ2v) is 4.63. The highest BCUT2D eigenvalue weighted by molar-refractivity contribution is 4.63. The normalized spacial score (nSPS) is 19.9. The molecule has 0 aromatic rings. The summed E-state index contributed by atoms with van der Waals surface area (Å²) in [6.45, 7) is 9.57. The van der Waals surface area contributed by atoms with E-state index in [0.717, 1.165) is 58.8 Å². The summed E-state index contributed by atoms with van der Waals surface area (Å²) in [6.07, 6.45) is 2.27. The van der Waals surface area contributed by atoms with Crippen LogP contribution in [0.25, 0.3) is 0 Å². The number of nitrogens with zero attached hydrogens (tertiary/aromatic N) is 1. The van der Waals surface area contributed by atoms with Gasteiger partial charge in [0.05, 0.1) is 13.2 Å². The van der Waals surface area contributed by atoms with Gasteiger partial charge in [-0.3, -0.25) is 4.90 Å². The summed E-state index contributed by atoms with van der Waals surface area (Å²) in [5.74, 6) is 0.445. The number of ether oxygens (including phenoxy) is 1. The molecule has 1 rings (SSSR count). The van der Waals surface area contributed by atoms with Crippen molar-refractivity contribution in [1.82, 2.24) is 10.2 Å². The fourth-order valence-corrected chi connectivity index (χ4v) is 1.85. The molecule has 0 aliphatic carbocycles. The molecule has 1 unspecified atom stereocenters. The Morgan fingerprint density at radius 1 is 1.31 bits per heavy atom. The van der Waals surface area contributed by atoms with Crippen molar-refractivity contribution in [2.24, 2.45) is 5.92 Å². The largest absolute Gasteiger partial charge is 0.396 e. The number of hydrogen-bond acceptors (Lipinski definition) is 4. The molecule has 0 bridgehead atoms. The first-order valence-corrected chi connectivity index (χ1v) is 6.44. The van der Waals surface area contributed by atoms with Crippen LogP contribution in [0, 0.1) is 5.92 Å². The summed E-state index contributed by atoms with van der Waals surface area (Å²) >= 11 is 0. The van der Waals surface area contributed by atoms with E-state index in [4.69, 9.17) is 9.84 Å². The number of rotatable bonds is 8. The number of nitrogens with one attached hydrogen (secondary N) is 1. The Balaban J connectivity index is 1.84. The van der Waals surface area contributed by atoms with Gasteiger partial charge in [-0.25, -0.2) is 0 Å². The van der Waals surface area contributed by atoms with Gasteiger partial charge >= 0.3 is 0 Å². The van der Waals surface area contributed by atoms with E-state index >= 15 is 0 Å². The quantitative estimate of drug-likeness (QED) is 0.589. The lowest BCUT2D eigenvalue weighted by molar-refractivity contribution is 0.0384. The SMILES string of the molecule is CC(CO)CCCNCCN1CCOCC1. The molecule has 1 atom stereocenters. The van der Waals surface area contributed by atoms with Gasteiger partial charge in [-0.15, -0.1) is 0 Å². The number of hydrogen-bond donors (Lipinski definition) is 2. The van der Waals surface area contributed by atoms with E-state index in [-0.39, 0.29) is 0 Å². The molecule has 1 fully saturated rings. The Morgan fingerprint density at radius 3 is 2.75 bits per heavy atom. The number of morpholine rings is 1. The summed E-state index contributed by atoms with van der Waals surface area (Å²) in [7, 11) is 0. The summed E-state index contributed by atoms with van der Waals surface area (Å²) < 4.78 is 5.30. The zero-order chi connectivity index (χ0) is 11.6. The predicted molar refractivity (Wildman–Crippen MR) is 65.6 cm³/mol. The molecule has 1 aliphatic heterocycles. The molecule has 1 saturated heterocycles. The second-order valence-electron chi connectivity index (χ2n) is 4.63. The zero-order valence-electron chi connectivity index (χ0n) is 10.5. The smallest absolute Gasteiger partial charge is 0.0594 e. The van der Waals surface area contributed by atoms with Gasteiger partial charge in [-0.2, -0.15) is 0 Å². The number of aliphatic hydroxyl groups is 1. The van der Waals surface area contributed by atoms with Crippen LogP contribution in [-0.4, -0.2) is 62.6 Å². The summed E-state index contributed by atoms with van der Waals surface area (Å²) in [5.41, 5.74) is 0. The van der Waals surface area contributed by atoms with Crippen molar-refractivity contribution in [3.63, 3.8) is 0 Å². The minimum Gasteiger partial charge on any atom is -0.396 e. The molecule has 4 nitrogen and oxygen atoms in total. The van der Waals surface area contributed by atoms with E-state index in [1.807, 2.05) is 0 Å². The fraction of sp³-hybridized carbons (Fsp3) is 1.00. The van der Waals surface area contributed by atoms with Crippen LogP contribution in [0.5, 0.6) is 0 Å².